The van der Waals surface area contributed by atoms with Crippen LogP contribution in [0.25, 0.3) is 5.69 Å². The van der Waals surface area contributed by atoms with Crippen molar-refractivity contribution in [3.8, 4) is 11.6 Å². The summed E-state index contributed by atoms with van der Waals surface area (Å²) in [5.41, 5.74) is 6.76. The Balaban J connectivity index is 2.55. The monoisotopic (exact) mass is 191 g/mol. The minimum atomic E-state index is 0.440. The molecule has 0 saturated carbocycles. The van der Waals surface area contributed by atoms with Crippen LogP contribution >= 0.6 is 0 Å². The number of aromatic nitrogens is 4. The quantitative estimate of drug-likeness (QED) is 0.736. The maximum Gasteiger partial charge on any atom is 0.241 e. The molecule has 2 aromatic rings. The second-order valence-electron chi connectivity index (χ2n) is 2.62. The van der Waals surface area contributed by atoms with Crippen molar-refractivity contribution in [1.82, 2.24) is 20.0 Å². The third kappa shape index (κ3) is 1.37. The molecule has 2 rings (SSSR count). The molecule has 0 aliphatic rings. The van der Waals surface area contributed by atoms with Crippen LogP contribution in [0.15, 0.2) is 24.7 Å². The Bertz CT molecular complexity index is 425. The summed E-state index contributed by atoms with van der Waals surface area (Å²) in [5.74, 6) is 0.440. The van der Waals surface area contributed by atoms with E-state index in [2.05, 4.69) is 15.2 Å². The summed E-state index contributed by atoms with van der Waals surface area (Å²) in [4.78, 5) is 5.41. The van der Waals surface area contributed by atoms with E-state index in [1.807, 2.05) is 0 Å². The van der Waals surface area contributed by atoms with Crippen molar-refractivity contribution in [3.63, 3.8) is 0 Å². The second kappa shape index (κ2) is 3.33. The van der Waals surface area contributed by atoms with E-state index < -0.39 is 0 Å². The lowest BCUT2D eigenvalue weighted by Gasteiger charge is -2.05. The van der Waals surface area contributed by atoms with Crippen molar-refractivity contribution < 1.29 is 4.74 Å². The van der Waals surface area contributed by atoms with Crippen molar-refractivity contribution in [3.05, 3.63) is 24.7 Å². The molecule has 2 heterocycles. The third-order valence-electron chi connectivity index (χ3n) is 1.68. The van der Waals surface area contributed by atoms with Crippen molar-refractivity contribution in [2.24, 2.45) is 0 Å². The van der Waals surface area contributed by atoms with E-state index in [1.165, 1.54) is 18.1 Å². The number of nitrogens with two attached hydrogens (primary N) is 1. The van der Waals surface area contributed by atoms with Crippen LogP contribution in [-0.2, 0) is 0 Å². The van der Waals surface area contributed by atoms with Gasteiger partial charge in [0.1, 0.15) is 5.69 Å². The van der Waals surface area contributed by atoms with E-state index in [0.717, 1.165) is 0 Å². The highest BCUT2D eigenvalue weighted by Crippen LogP contribution is 2.19. The third-order valence-corrected chi connectivity index (χ3v) is 1.68. The zero-order valence-corrected chi connectivity index (χ0v) is 7.58. The Morgan fingerprint density at radius 2 is 2.07 bits per heavy atom. The molecule has 0 amide bonds. The topological polar surface area (TPSA) is 78.9 Å². The number of rotatable bonds is 2. The predicted octanol–water partition coefficient (Wildman–Crippen LogP) is 0.253. The van der Waals surface area contributed by atoms with Gasteiger partial charge < -0.3 is 10.5 Å². The van der Waals surface area contributed by atoms with Gasteiger partial charge in [-0.3, -0.25) is 0 Å². The minimum Gasteiger partial charge on any atom is -0.479 e. The lowest BCUT2D eigenvalue weighted by atomic mass is 10.4. The Kier molecular flexibility index (Phi) is 2.02. The van der Waals surface area contributed by atoms with E-state index in [9.17, 15) is 0 Å². The highest BCUT2D eigenvalue weighted by atomic mass is 16.5. The molecule has 6 nitrogen and oxygen atoms in total. The van der Waals surface area contributed by atoms with Gasteiger partial charge in [-0.2, -0.15) is 10.2 Å². The first-order chi connectivity index (χ1) is 6.81. The van der Waals surface area contributed by atoms with Gasteiger partial charge in [0.25, 0.3) is 0 Å². The summed E-state index contributed by atoms with van der Waals surface area (Å²) in [6.45, 7) is 0. The predicted molar refractivity (Wildman–Crippen MR) is 50.1 cm³/mol. The number of methoxy groups -OCH3 is 1. The highest BCUT2D eigenvalue weighted by molar-refractivity contribution is 5.50. The Morgan fingerprint density at radius 3 is 2.71 bits per heavy atom. The maximum atomic E-state index is 5.60. The van der Waals surface area contributed by atoms with E-state index in [1.54, 1.807) is 18.5 Å². The molecule has 72 valence electrons. The van der Waals surface area contributed by atoms with Crippen molar-refractivity contribution in [1.29, 1.82) is 0 Å². The van der Waals surface area contributed by atoms with Crippen LogP contribution in [0.1, 0.15) is 0 Å². The number of anilines is 1. The highest BCUT2D eigenvalue weighted by Gasteiger charge is 2.07. The average Bonchev–Trinajstić information content (AvgIpc) is 2.70. The zero-order valence-electron chi connectivity index (χ0n) is 7.58. The largest absolute Gasteiger partial charge is 0.479 e. The van der Waals surface area contributed by atoms with Gasteiger partial charge in [0.2, 0.25) is 5.88 Å². The Morgan fingerprint density at radius 1 is 1.36 bits per heavy atom. The average molecular weight is 191 g/mol. The summed E-state index contributed by atoms with van der Waals surface area (Å²) < 4.78 is 5.06. The van der Waals surface area contributed by atoms with E-state index in [-0.39, 0.29) is 0 Å². The number of nitrogens with zero attached hydrogens (tertiary/aromatic N) is 4. The fraction of sp³-hybridized carbons (Fsp3) is 0.125. The molecule has 0 spiro atoms. The van der Waals surface area contributed by atoms with Crippen molar-refractivity contribution >= 4 is 5.69 Å². The summed E-state index contributed by atoms with van der Waals surface area (Å²) in [7, 11) is 1.53. The van der Waals surface area contributed by atoms with Crippen LogP contribution in [0.3, 0.4) is 0 Å². The van der Waals surface area contributed by atoms with Crippen molar-refractivity contribution in [2.75, 3.05) is 12.8 Å². The molecule has 14 heavy (non-hydrogen) atoms. The van der Waals surface area contributed by atoms with Crippen LogP contribution in [0.4, 0.5) is 5.69 Å². The minimum absolute atomic E-state index is 0.440. The molecular weight excluding hydrogens is 182 g/mol. The number of pyridine rings is 1. The summed E-state index contributed by atoms with van der Waals surface area (Å²) in [6.07, 6.45) is 4.66. The van der Waals surface area contributed by atoms with Gasteiger partial charge in [-0.1, -0.05) is 0 Å². The van der Waals surface area contributed by atoms with E-state index in [4.69, 9.17) is 10.5 Å². The van der Waals surface area contributed by atoms with Gasteiger partial charge in [0.15, 0.2) is 0 Å². The fourth-order valence-electron chi connectivity index (χ4n) is 1.10. The molecule has 0 bridgehead atoms. The van der Waals surface area contributed by atoms with Gasteiger partial charge >= 0.3 is 0 Å². The lowest BCUT2D eigenvalue weighted by Crippen LogP contribution is -2.04. The van der Waals surface area contributed by atoms with Gasteiger partial charge in [0, 0.05) is 0 Å². The number of ether oxygens (including phenoxy) is 1. The lowest BCUT2D eigenvalue weighted by molar-refractivity contribution is 0.393. The molecule has 2 aromatic heterocycles. The first kappa shape index (κ1) is 8.49. The number of hydrogen-bond acceptors (Lipinski definition) is 5. The molecule has 6 heteroatoms. The normalized spacial score (nSPS) is 10.1. The molecule has 0 aromatic carbocycles. The van der Waals surface area contributed by atoms with Crippen LogP contribution in [0, 0.1) is 0 Å². The van der Waals surface area contributed by atoms with Gasteiger partial charge in [0.05, 0.1) is 31.4 Å². The van der Waals surface area contributed by atoms with Crippen LogP contribution in [0.5, 0.6) is 5.88 Å². The van der Waals surface area contributed by atoms with E-state index in [0.29, 0.717) is 17.3 Å². The maximum absolute atomic E-state index is 5.60. The Hall–Kier alpha value is -2.11. The first-order valence-corrected chi connectivity index (χ1v) is 3.97. The molecular formula is C8H9N5O. The molecule has 0 saturated heterocycles. The first-order valence-electron chi connectivity index (χ1n) is 3.97. The van der Waals surface area contributed by atoms with Crippen LogP contribution < -0.4 is 10.5 Å². The summed E-state index contributed by atoms with van der Waals surface area (Å²) >= 11 is 0. The second-order valence-corrected chi connectivity index (χ2v) is 2.62. The number of nitrogen functional groups attached to an aromatic ring is 1. The number of hydrogen-bond donors (Lipinski definition) is 1. The Labute approximate surface area is 80.3 Å². The van der Waals surface area contributed by atoms with Crippen LogP contribution in [-0.4, -0.2) is 27.1 Å². The SMILES string of the molecule is COc1ncc(N)cc1-n1nccn1. The van der Waals surface area contributed by atoms with Gasteiger partial charge in [-0.05, 0) is 6.07 Å². The molecule has 0 radical (unpaired) electrons. The molecule has 2 N–H and O–H groups in total. The van der Waals surface area contributed by atoms with Gasteiger partial charge in [-0.25, -0.2) is 4.98 Å². The standard InChI is InChI=1S/C8H9N5O/c1-14-8-7(4-6(9)5-10-8)13-11-2-3-12-13/h2-5H,9H2,1H3. The summed E-state index contributed by atoms with van der Waals surface area (Å²) in [5, 5.41) is 7.93. The molecule has 0 atom stereocenters. The fourth-order valence-corrected chi connectivity index (χ4v) is 1.10. The van der Waals surface area contributed by atoms with E-state index >= 15 is 0 Å². The molecule has 0 fully saturated rings. The summed E-state index contributed by atoms with van der Waals surface area (Å²) in [6, 6.07) is 1.70. The molecule has 0 unspecified atom stereocenters. The zero-order chi connectivity index (χ0) is 9.97. The van der Waals surface area contributed by atoms with Gasteiger partial charge in [-0.15, -0.1) is 4.80 Å². The van der Waals surface area contributed by atoms with Crippen LogP contribution in [0.2, 0.25) is 0 Å². The van der Waals surface area contributed by atoms with Crippen molar-refractivity contribution in [2.45, 2.75) is 0 Å². The molecule has 0 aliphatic carbocycles. The smallest absolute Gasteiger partial charge is 0.241 e. The molecule has 0 aliphatic heterocycles.